The van der Waals surface area contributed by atoms with Crippen LogP contribution in [0.1, 0.15) is 19.4 Å². The summed E-state index contributed by atoms with van der Waals surface area (Å²) in [6, 6.07) is 12.8. The number of rotatable bonds is 4. The Balaban J connectivity index is 0.00000124. The summed E-state index contributed by atoms with van der Waals surface area (Å²) in [5.41, 5.74) is 1.17. The van der Waals surface area contributed by atoms with Crippen molar-refractivity contribution in [3.63, 3.8) is 0 Å². The van der Waals surface area contributed by atoms with E-state index >= 15 is 0 Å². The van der Waals surface area contributed by atoms with Crippen LogP contribution in [0.5, 0.6) is 0 Å². The topological polar surface area (TPSA) is 80.1 Å². The van der Waals surface area contributed by atoms with E-state index < -0.39 is 11.2 Å². The normalized spacial score (nSPS) is 11.2. The molecule has 0 unspecified atom stereocenters. The van der Waals surface area contributed by atoms with Crippen molar-refractivity contribution in [2.24, 2.45) is 4.99 Å². The monoisotopic (exact) mass is 438 g/mol. The summed E-state index contributed by atoms with van der Waals surface area (Å²) in [7, 11) is 0. The highest BCUT2D eigenvalue weighted by atomic mass is 35.5. The van der Waals surface area contributed by atoms with E-state index in [9.17, 15) is 9.59 Å². The van der Waals surface area contributed by atoms with Gasteiger partial charge in [-0.25, -0.2) is 9.36 Å². The fourth-order valence-electron chi connectivity index (χ4n) is 2.64. The third kappa shape index (κ3) is 4.64. The molecule has 30 heavy (non-hydrogen) atoms. The van der Waals surface area contributed by atoms with Crippen LogP contribution >= 0.6 is 22.9 Å². The number of nitrogens with zero attached hydrogens (tertiary/aromatic N) is 3. The number of nitrogens with one attached hydrogen (secondary N) is 1. The highest BCUT2D eigenvalue weighted by Crippen LogP contribution is 2.34. The SMILES string of the molecule is CC.O=c1[nH]c2cc(-c3ccccc3Cl)sc2c(=O)n1/C=C/N=Cc1cccnc1. The van der Waals surface area contributed by atoms with Gasteiger partial charge in [0.25, 0.3) is 5.56 Å². The van der Waals surface area contributed by atoms with Crippen molar-refractivity contribution in [1.82, 2.24) is 14.5 Å². The third-order valence-electron chi connectivity index (χ3n) is 3.95. The number of pyridine rings is 1. The van der Waals surface area contributed by atoms with Crippen LogP contribution in [-0.4, -0.2) is 20.7 Å². The molecule has 0 saturated heterocycles. The number of benzene rings is 1. The quantitative estimate of drug-likeness (QED) is 0.453. The van der Waals surface area contributed by atoms with Crippen LogP contribution in [0.15, 0.2) is 75.6 Å². The number of hydrogen-bond donors (Lipinski definition) is 1. The Hall–Kier alpha value is -3.29. The molecule has 3 aromatic heterocycles. The number of fused-ring (bicyclic) bond motifs is 1. The van der Waals surface area contributed by atoms with E-state index in [1.807, 2.05) is 38.1 Å². The molecule has 152 valence electrons. The molecule has 3 heterocycles. The van der Waals surface area contributed by atoms with Crippen molar-refractivity contribution in [3.8, 4) is 10.4 Å². The second kappa shape index (κ2) is 9.96. The largest absolute Gasteiger partial charge is 0.333 e. The van der Waals surface area contributed by atoms with Gasteiger partial charge in [-0.3, -0.25) is 14.8 Å². The molecule has 0 saturated carbocycles. The van der Waals surface area contributed by atoms with Crippen molar-refractivity contribution in [2.45, 2.75) is 13.8 Å². The van der Waals surface area contributed by atoms with Crippen LogP contribution in [0.3, 0.4) is 0 Å². The first kappa shape index (κ1) is 21.4. The van der Waals surface area contributed by atoms with Gasteiger partial charge in [-0.1, -0.05) is 49.7 Å². The molecular formula is C22H19ClN4O2S. The molecule has 0 atom stereocenters. The van der Waals surface area contributed by atoms with E-state index in [2.05, 4.69) is 15.0 Å². The summed E-state index contributed by atoms with van der Waals surface area (Å²) in [6.07, 6.45) is 7.63. The van der Waals surface area contributed by atoms with E-state index in [-0.39, 0.29) is 0 Å². The molecule has 0 spiro atoms. The summed E-state index contributed by atoms with van der Waals surface area (Å²) in [6.45, 7) is 4.00. The highest BCUT2D eigenvalue weighted by Gasteiger charge is 2.12. The molecule has 4 rings (SSSR count). The number of hydrogen-bond acceptors (Lipinski definition) is 5. The minimum absolute atomic E-state index is 0.408. The average Bonchev–Trinajstić information content (AvgIpc) is 3.19. The number of aromatic amines is 1. The lowest BCUT2D eigenvalue weighted by Gasteiger charge is -1.98. The molecule has 0 fully saturated rings. The van der Waals surface area contributed by atoms with E-state index in [0.717, 1.165) is 20.6 Å². The average molecular weight is 439 g/mol. The number of aromatic nitrogens is 3. The van der Waals surface area contributed by atoms with E-state index in [0.29, 0.717) is 15.2 Å². The van der Waals surface area contributed by atoms with Crippen LogP contribution in [0.4, 0.5) is 0 Å². The zero-order chi connectivity index (χ0) is 21.5. The lowest BCUT2D eigenvalue weighted by atomic mass is 10.2. The maximum absolute atomic E-state index is 12.8. The molecule has 0 aliphatic rings. The second-order valence-electron chi connectivity index (χ2n) is 5.80. The van der Waals surface area contributed by atoms with E-state index in [4.69, 9.17) is 11.6 Å². The minimum Gasteiger partial charge on any atom is -0.306 e. The van der Waals surface area contributed by atoms with Crippen LogP contribution in [0.25, 0.3) is 26.9 Å². The molecule has 8 heteroatoms. The van der Waals surface area contributed by atoms with Gasteiger partial charge in [0.2, 0.25) is 0 Å². The lowest BCUT2D eigenvalue weighted by molar-refractivity contribution is 0.953. The zero-order valence-electron chi connectivity index (χ0n) is 16.4. The van der Waals surface area contributed by atoms with Gasteiger partial charge in [0, 0.05) is 52.0 Å². The van der Waals surface area contributed by atoms with Crippen LogP contribution in [-0.2, 0) is 0 Å². The molecule has 0 aliphatic carbocycles. The summed E-state index contributed by atoms with van der Waals surface area (Å²) in [5, 5.41) is 0.585. The Morgan fingerprint density at radius 3 is 2.70 bits per heavy atom. The van der Waals surface area contributed by atoms with Crippen LogP contribution in [0, 0.1) is 0 Å². The summed E-state index contributed by atoms with van der Waals surface area (Å²) in [5.74, 6) is 0. The third-order valence-corrected chi connectivity index (χ3v) is 5.44. The summed E-state index contributed by atoms with van der Waals surface area (Å²) >= 11 is 7.53. The predicted octanol–water partition coefficient (Wildman–Crippen LogP) is 5.04. The second-order valence-corrected chi connectivity index (χ2v) is 7.26. The fraction of sp³-hybridized carbons (Fsp3) is 0.0909. The Kier molecular flexibility index (Phi) is 7.11. The van der Waals surface area contributed by atoms with Crippen LogP contribution in [0.2, 0.25) is 5.02 Å². The maximum atomic E-state index is 12.8. The summed E-state index contributed by atoms with van der Waals surface area (Å²) in [4.78, 5) is 36.7. The Morgan fingerprint density at radius 1 is 1.17 bits per heavy atom. The van der Waals surface area contributed by atoms with Gasteiger partial charge in [0.1, 0.15) is 4.70 Å². The molecule has 0 radical (unpaired) electrons. The van der Waals surface area contributed by atoms with Gasteiger partial charge in [-0.15, -0.1) is 11.3 Å². The van der Waals surface area contributed by atoms with E-state index in [1.54, 1.807) is 36.8 Å². The predicted molar refractivity (Wildman–Crippen MR) is 126 cm³/mol. The van der Waals surface area contributed by atoms with Crippen molar-refractivity contribution in [3.05, 3.63) is 92.5 Å². The molecule has 6 nitrogen and oxygen atoms in total. The number of aliphatic imine (C=N–C) groups is 1. The fourth-order valence-corrected chi connectivity index (χ4v) is 4.02. The minimum atomic E-state index is -0.533. The molecule has 0 amide bonds. The van der Waals surface area contributed by atoms with Crippen LogP contribution < -0.4 is 11.2 Å². The van der Waals surface area contributed by atoms with Gasteiger partial charge in [-0.2, -0.15) is 0 Å². The van der Waals surface area contributed by atoms with Crippen molar-refractivity contribution in [1.29, 1.82) is 0 Å². The smallest absolute Gasteiger partial charge is 0.306 e. The van der Waals surface area contributed by atoms with Crippen molar-refractivity contribution < 1.29 is 0 Å². The molecular weight excluding hydrogens is 420 g/mol. The Morgan fingerprint density at radius 2 is 1.97 bits per heavy atom. The molecule has 4 aromatic rings. The first-order valence-corrected chi connectivity index (χ1v) is 10.5. The Bertz CT molecular complexity index is 1320. The zero-order valence-corrected chi connectivity index (χ0v) is 17.9. The van der Waals surface area contributed by atoms with Crippen molar-refractivity contribution >= 4 is 45.6 Å². The molecule has 0 bridgehead atoms. The standard InChI is InChI=1S/C20H13ClN4O2S.C2H6/c21-15-6-2-1-5-14(15)17-10-16-18(28-17)19(26)25(20(27)24-16)9-8-23-12-13-4-3-7-22-11-13;1-2/h1-12H,(H,24,27);1-2H3/b9-8+,23-12?;. The number of thiophene rings is 1. The van der Waals surface area contributed by atoms with Gasteiger partial charge >= 0.3 is 5.69 Å². The molecule has 1 aromatic carbocycles. The van der Waals surface area contributed by atoms with Gasteiger partial charge in [-0.05, 0) is 18.2 Å². The summed E-state index contributed by atoms with van der Waals surface area (Å²) < 4.78 is 1.44. The first-order valence-electron chi connectivity index (χ1n) is 9.26. The van der Waals surface area contributed by atoms with Gasteiger partial charge < -0.3 is 4.98 Å². The van der Waals surface area contributed by atoms with Gasteiger partial charge in [0.05, 0.1) is 5.52 Å². The van der Waals surface area contributed by atoms with Gasteiger partial charge in [0.15, 0.2) is 0 Å². The van der Waals surface area contributed by atoms with E-state index in [1.165, 1.54) is 23.7 Å². The maximum Gasteiger partial charge on any atom is 0.333 e. The number of H-pyrrole nitrogens is 1. The first-order chi connectivity index (χ1) is 14.6. The molecule has 1 N–H and O–H groups in total. The highest BCUT2D eigenvalue weighted by molar-refractivity contribution is 7.22. The Labute approximate surface area is 181 Å². The van der Waals surface area contributed by atoms with Crippen molar-refractivity contribution in [2.75, 3.05) is 0 Å². The number of halogens is 1. The molecule has 0 aliphatic heterocycles. The lowest BCUT2D eigenvalue weighted by Crippen LogP contribution is -2.30.